The van der Waals surface area contributed by atoms with E-state index in [1.165, 1.54) is 0 Å². The number of aldehydes is 1. The predicted molar refractivity (Wildman–Crippen MR) is 60.1 cm³/mol. The Balaban J connectivity index is 2.46. The second-order valence-corrected chi connectivity index (χ2v) is 4.51. The topological polar surface area (TPSA) is 30.0 Å². The zero-order valence-corrected chi connectivity index (χ0v) is 9.80. The summed E-state index contributed by atoms with van der Waals surface area (Å²) in [5.74, 6) is -0.354. The van der Waals surface area contributed by atoms with Gasteiger partial charge in [-0.3, -0.25) is 4.98 Å². The van der Waals surface area contributed by atoms with Crippen molar-refractivity contribution in [3.63, 3.8) is 0 Å². The van der Waals surface area contributed by atoms with Crippen LogP contribution in [0.1, 0.15) is 36.9 Å². The largest absolute Gasteiger partial charge is 0.303 e. The summed E-state index contributed by atoms with van der Waals surface area (Å²) in [6.07, 6.45) is 4.70. The van der Waals surface area contributed by atoms with E-state index >= 15 is 0 Å². The van der Waals surface area contributed by atoms with Crippen LogP contribution in [0.5, 0.6) is 0 Å². The maximum Gasteiger partial charge on any atom is 0.160 e. The Morgan fingerprint density at radius 3 is 2.88 bits per heavy atom. The van der Waals surface area contributed by atoms with Crippen molar-refractivity contribution in [1.29, 1.82) is 0 Å². The fraction of sp³-hybridized carbons (Fsp3) is 0.500. The van der Waals surface area contributed by atoms with Gasteiger partial charge < -0.3 is 4.79 Å². The molecule has 86 valence electrons. The minimum atomic E-state index is -0.511. The maximum atomic E-state index is 13.2. The van der Waals surface area contributed by atoms with E-state index in [1.807, 2.05) is 6.92 Å². The van der Waals surface area contributed by atoms with Crippen LogP contribution in [0.25, 0.3) is 0 Å². The van der Waals surface area contributed by atoms with Gasteiger partial charge in [0.05, 0.1) is 22.8 Å². The molecule has 1 saturated carbocycles. The lowest BCUT2D eigenvalue weighted by Gasteiger charge is -2.14. The van der Waals surface area contributed by atoms with Gasteiger partial charge in [0, 0.05) is 0 Å². The molecule has 0 bridgehead atoms. The van der Waals surface area contributed by atoms with Crippen molar-refractivity contribution in [2.24, 2.45) is 5.92 Å². The zero-order chi connectivity index (χ0) is 11.7. The Labute approximate surface area is 98.8 Å². The Morgan fingerprint density at radius 2 is 2.38 bits per heavy atom. The molecule has 1 heterocycles. The average molecular weight is 242 g/mol. The summed E-state index contributed by atoms with van der Waals surface area (Å²) >= 11 is 5.89. The third-order valence-corrected chi connectivity index (χ3v) is 3.46. The van der Waals surface area contributed by atoms with Gasteiger partial charge in [-0.15, -0.1) is 0 Å². The summed E-state index contributed by atoms with van der Waals surface area (Å²) in [5.41, 5.74) is 1.33. The Bertz CT molecular complexity index is 418. The molecule has 2 rings (SSSR count). The summed E-state index contributed by atoms with van der Waals surface area (Å²) in [6, 6.07) is 0. The smallest absolute Gasteiger partial charge is 0.160 e. The molecule has 1 aliphatic rings. The SMILES string of the molecule is CCc1c(C(C=O)C2CC2)ncc(F)c1Cl. The van der Waals surface area contributed by atoms with Gasteiger partial charge in [-0.2, -0.15) is 0 Å². The molecule has 1 aromatic heterocycles. The number of pyridine rings is 1. The molecule has 1 aromatic rings. The molecule has 0 amide bonds. The Hall–Kier alpha value is -0.960. The van der Waals surface area contributed by atoms with Gasteiger partial charge in [0.1, 0.15) is 6.29 Å². The molecule has 0 spiro atoms. The molecule has 0 radical (unpaired) electrons. The standard InChI is InChI=1S/C12H13ClFNO/c1-2-8-11(13)10(14)5-15-12(8)9(6-16)7-3-4-7/h5-7,9H,2-4H2,1H3. The molecule has 1 aliphatic carbocycles. The molecule has 1 unspecified atom stereocenters. The molecule has 0 saturated heterocycles. The van der Waals surface area contributed by atoms with E-state index in [9.17, 15) is 9.18 Å². The molecule has 0 aromatic carbocycles. The average Bonchev–Trinajstić information content (AvgIpc) is 3.09. The van der Waals surface area contributed by atoms with E-state index in [4.69, 9.17) is 11.6 Å². The lowest BCUT2D eigenvalue weighted by molar-refractivity contribution is -0.109. The first kappa shape index (κ1) is 11.5. The van der Waals surface area contributed by atoms with E-state index in [0.717, 1.165) is 25.3 Å². The van der Waals surface area contributed by atoms with Crippen LogP contribution < -0.4 is 0 Å². The van der Waals surface area contributed by atoms with Crippen LogP contribution in [0.4, 0.5) is 4.39 Å². The van der Waals surface area contributed by atoms with Crippen molar-refractivity contribution in [2.75, 3.05) is 0 Å². The van der Waals surface area contributed by atoms with Gasteiger partial charge in [-0.05, 0) is 30.7 Å². The summed E-state index contributed by atoms with van der Waals surface area (Å²) in [6.45, 7) is 1.89. The first-order valence-electron chi connectivity index (χ1n) is 5.47. The maximum absolute atomic E-state index is 13.2. The van der Waals surface area contributed by atoms with Crippen LogP contribution in [-0.2, 0) is 11.2 Å². The number of hydrogen-bond acceptors (Lipinski definition) is 2. The van der Waals surface area contributed by atoms with Crippen LogP contribution in [0.2, 0.25) is 5.02 Å². The number of carbonyl (C=O) groups excluding carboxylic acids is 1. The normalized spacial score (nSPS) is 17.2. The van der Waals surface area contributed by atoms with Crippen molar-refractivity contribution in [1.82, 2.24) is 4.98 Å². The van der Waals surface area contributed by atoms with Crippen LogP contribution in [0.15, 0.2) is 6.20 Å². The summed E-state index contributed by atoms with van der Waals surface area (Å²) in [7, 11) is 0. The second-order valence-electron chi connectivity index (χ2n) is 4.14. The fourth-order valence-corrected chi connectivity index (χ4v) is 2.27. The van der Waals surface area contributed by atoms with Crippen LogP contribution in [0, 0.1) is 11.7 Å². The highest BCUT2D eigenvalue weighted by Crippen LogP contribution is 2.42. The highest BCUT2D eigenvalue weighted by atomic mass is 35.5. The lowest BCUT2D eigenvalue weighted by Crippen LogP contribution is -2.10. The van der Waals surface area contributed by atoms with E-state index < -0.39 is 5.82 Å². The van der Waals surface area contributed by atoms with Gasteiger partial charge in [0.15, 0.2) is 5.82 Å². The Morgan fingerprint density at radius 1 is 1.69 bits per heavy atom. The van der Waals surface area contributed by atoms with Crippen molar-refractivity contribution in [3.05, 3.63) is 28.3 Å². The fourth-order valence-electron chi connectivity index (χ4n) is 2.00. The van der Waals surface area contributed by atoms with Crippen molar-refractivity contribution < 1.29 is 9.18 Å². The van der Waals surface area contributed by atoms with Crippen LogP contribution in [0.3, 0.4) is 0 Å². The van der Waals surface area contributed by atoms with Gasteiger partial charge in [-0.25, -0.2) is 4.39 Å². The summed E-state index contributed by atoms with van der Waals surface area (Å²) < 4.78 is 13.2. The van der Waals surface area contributed by atoms with E-state index in [2.05, 4.69) is 4.98 Å². The molecule has 0 N–H and O–H groups in total. The van der Waals surface area contributed by atoms with E-state index in [0.29, 0.717) is 23.6 Å². The van der Waals surface area contributed by atoms with E-state index in [1.54, 1.807) is 0 Å². The minimum Gasteiger partial charge on any atom is -0.303 e. The molecule has 1 fully saturated rings. The number of carbonyl (C=O) groups is 1. The Kier molecular flexibility index (Phi) is 3.24. The molecule has 1 atom stereocenters. The zero-order valence-electron chi connectivity index (χ0n) is 9.04. The quantitative estimate of drug-likeness (QED) is 0.758. The number of halogens is 2. The van der Waals surface area contributed by atoms with Gasteiger partial charge in [-0.1, -0.05) is 18.5 Å². The van der Waals surface area contributed by atoms with Crippen molar-refractivity contribution in [2.45, 2.75) is 32.1 Å². The first-order valence-corrected chi connectivity index (χ1v) is 5.84. The highest BCUT2D eigenvalue weighted by molar-refractivity contribution is 6.31. The molecular weight excluding hydrogens is 229 g/mol. The lowest BCUT2D eigenvalue weighted by atomic mass is 9.95. The van der Waals surface area contributed by atoms with Crippen molar-refractivity contribution in [3.8, 4) is 0 Å². The second kappa shape index (κ2) is 4.50. The van der Waals surface area contributed by atoms with Gasteiger partial charge in [0.25, 0.3) is 0 Å². The monoisotopic (exact) mass is 241 g/mol. The third kappa shape index (κ3) is 1.96. The number of rotatable bonds is 4. The number of aromatic nitrogens is 1. The van der Waals surface area contributed by atoms with E-state index in [-0.39, 0.29) is 10.9 Å². The molecule has 16 heavy (non-hydrogen) atoms. The first-order chi connectivity index (χ1) is 7.69. The molecule has 4 heteroatoms. The van der Waals surface area contributed by atoms with Crippen LogP contribution >= 0.6 is 11.6 Å². The number of hydrogen-bond donors (Lipinski definition) is 0. The molecular formula is C12H13ClFNO. The molecule has 2 nitrogen and oxygen atoms in total. The highest BCUT2D eigenvalue weighted by Gasteiger charge is 2.34. The van der Waals surface area contributed by atoms with Crippen LogP contribution in [-0.4, -0.2) is 11.3 Å². The predicted octanol–water partition coefficient (Wildman–Crippen LogP) is 3.13. The minimum absolute atomic E-state index is 0.111. The number of nitrogens with zero attached hydrogens (tertiary/aromatic N) is 1. The summed E-state index contributed by atoms with van der Waals surface area (Å²) in [4.78, 5) is 15.1. The third-order valence-electron chi connectivity index (χ3n) is 3.05. The summed E-state index contributed by atoms with van der Waals surface area (Å²) in [5, 5.41) is 0.111. The molecule has 0 aliphatic heterocycles. The van der Waals surface area contributed by atoms with Gasteiger partial charge >= 0.3 is 0 Å². The van der Waals surface area contributed by atoms with Gasteiger partial charge in [0.2, 0.25) is 0 Å². The van der Waals surface area contributed by atoms with Crippen molar-refractivity contribution >= 4 is 17.9 Å².